The monoisotopic (exact) mass is 831 g/mol. The second-order valence-electron chi connectivity index (χ2n) is 18.5. The minimum atomic E-state index is -4.56. The molecule has 0 radical (unpaired) electrons. The maximum atomic E-state index is 12.9. The number of amides is 1. The first-order valence-electron chi connectivity index (χ1n) is 24.9. The van der Waals surface area contributed by atoms with E-state index in [-0.39, 0.29) is 19.1 Å². The average molecular weight is 831 g/mol. The van der Waals surface area contributed by atoms with E-state index in [2.05, 4.69) is 19.2 Å². The molecule has 0 bridgehead atoms. The molecule has 0 spiro atoms. The van der Waals surface area contributed by atoms with Gasteiger partial charge in [-0.3, -0.25) is 9.36 Å². The Morgan fingerprint density at radius 2 is 0.860 bits per heavy atom. The second-order valence-corrected chi connectivity index (χ2v) is 19.9. The molecule has 0 saturated carbocycles. The van der Waals surface area contributed by atoms with Crippen LogP contribution in [0.25, 0.3) is 0 Å². The average Bonchev–Trinajstić information content (AvgIpc) is 3.16. The van der Waals surface area contributed by atoms with Crippen LogP contribution in [0.3, 0.4) is 0 Å². The van der Waals surface area contributed by atoms with E-state index >= 15 is 0 Å². The van der Waals surface area contributed by atoms with Gasteiger partial charge in [0, 0.05) is 6.42 Å². The van der Waals surface area contributed by atoms with Gasteiger partial charge in [-0.1, -0.05) is 232 Å². The van der Waals surface area contributed by atoms with Crippen LogP contribution in [-0.4, -0.2) is 68.5 Å². The number of hydrogen-bond donors (Lipinski definition) is 2. The van der Waals surface area contributed by atoms with E-state index in [1.165, 1.54) is 186 Å². The maximum absolute atomic E-state index is 12.9. The molecule has 2 N–H and O–H groups in total. The fraction of sp³-hybridized carbons (Fsp3) is 0.979. The van der Waals surface area contributed by atoms with Crippen molar-refractivity contribution in [2.45, 2.75) is 264 Å². The number of likely N-dealkylation sites (N-methyl/N-ethyl adjacent to an activating group) is 1. The largest absolute Gasteiger partial charge is 0.756 e. The summed E-state index contributed by atoms with van der Waals surface area (Å²) in [6.45, 7) is 4.76. The van der Waals surface area contributed by atoms with Crippen LogP contribution < -0.4 is 10.2 Å². The lowest BCUT2D eigenvalue weighted by atomic mass is 10.0. The minimum absolute atomic E-state index is 0.0163. The van der Waals surface area contributed by atoms with Gasteiger partial charge in [0.15, 0.2) is 0 Å². The van der Waals surface area contributed by atoms with Gasteiger partial charge in [0.25, 0.3) is 7.82 Å². The molecule has 0 fully saturated rings. The van der Waals surface area contributed by atoms with Crippen LogP contribution in [0.4, 0.5) is 0 Å². The summed E-state index contributed by atoms with van der Waals surface area (Å²) in [5.74, 6) is -0.159. The predicted octanol–water partition coefficient (Wildman–Crippen LogP) is 13.5. The first kappa shape index (κ1) is 56.5. The van der Waals surface area contributed by atoms with Crippen molar-refractivity contribution in [3.05, 3.63) is 0 Å². The molecule has 57 heavy (non-hydrogen) atoms. The van der Waals surface area contributed by atoms with Crippen LogP contribution in [0, 0.1) is 0 Å². The zero-order valence-electron chi connectivity index (χ0n) is 38.8. The van der Waals surface area contributed by atoms with E-state index in [9.17, 15) is 19.4 Å². The molecule has 0 aliphatic heterocycles. The Bertz CT molecular complexity index is 901. The highest BCUT2D eigenvalue weighted by Gasteiger charge is 2.24. The second kappa shape index (κ2) is 40.9. The standard InChI is InChI=1S/C48H99N2O6P/c1-6-8-10-12-14-16-18-20-22-24-26-28-30-32-34-36-38-40-42-48(52)49-46(45-56-57(53,54)55-44-43-50(3,4)5)47(51)41-39-37-35-33-31-29-27-25-23-21-19-17-15-13-11-9-7-2/h46-47,51H,6-45H2,1-5H3,(H-,49,52,53,54)/t46-,47+/m0/s1. The van der Waals surface area contributed by atoms with Crippen molar-refractivity contribution in [3.8, 4) is 0 Å². The van der Waals surface area contributed by atoms with E-state index in [4.69, 9.17) is 9.05 Å². The fourth-order valence-electron chi connectivity index (χ4n) is 7.63. The van der Waals surface area contributed by atoms with Gasteiger partial charge in [-0.2, -0.15) is 0 Å². The number of aliphatic hydroxyl groups is 1. The third-order valence-corrected chi connectivity index (χ3v) is 12.6. The molecule has 9 heteroatoms. The molecule has 0 rings (SSSR count). The third kappa shape index (κ3) is 43.4. The summed E-state index contributed by atoms with van der Waals surface area (Å²) < 4.78 is 23.3. The quantitative estimate of drug-likeness (QED) is 0.0359. The van der Waals surface area contributed by atoms with Crippen LogP contribution in [0.2, 0.25) is 0 Å². The molecule has 0 aliphatic rings. The Balaban J connectivity index is 4.25. The highest BCUT2D eigenvalue weighted by Crippen LogP contribution is 2.38. The molecule has 8 nitrogen and oxygen atoms in total. The highest BCUT2D eigenvalue weighted by atomic mass is 31.2. The summed E-state index contributed by atoms with van der Waals surface area (Å²) in [6, 6.07) is -0.793. The fourth-order valence-corrected chi connectivity index (χ4v) is 8.35. The number of carbonyl (C=O) groups excluding carboxylic acids is 1. The van der Waals surface area contributed by atoms with Crippen molar-refractivity contribution in [1.82, 2.24) is 5.32 Å². The molecule has 0 aromatic heterocycles. The van der Waals surface area contributed by atoms with Gasteiger partial charge in [0.1, 0.15) is 13.2 Å². The molecule has 1 amide bonds. The number of unbranched alkanes of at least 4 members (excludes halogenated alkanes) is 33. The Labute approximate surface area is 355 Å². The minimum Gasteiger partial charge on any atom is -0.756 e. The van der Waals surface area contributed by atoms with Gasteiger partial charge >= 0.3 is 0 Å². The molecular formula is C48H99N2O6P. The summed E-state index contributed by atoms with van der Waals surface area (Å²) >= 11 is 0. The number of phosphoric acid groups is 1. The van der Waals surface area contributed by atoms with Gasteiger partial charge in [-0.05, 0) is 12.8 Å². The Kier molecular flexibility index (Phi) is 40.5. The van der Waals surface area contributed by atoms with Crippen molar-refractivity contribution in [2.24, 2.45) is 0 Å². The maximum Gasteiger partial charge on any atom is 0.268 e. The molecule has 0 aromatic rings. The highest BCUT2D eigenvalue weighted by molar-refractivity contribution is 7.45. The summed E-state index contributed by atoms with van der Waals surface area (Å²) in [6.07, 6.45) is 45.3. The van der Waals surface area contributed by atoms with Gasteiger partial charge in [-0.15, -0.1) is 0 Å². The molecule has 342 valence electrons. The first-order valence-corrected chi connectivity index (χ1v) is 26.3. The zero-order valence-corrected chi connectivity index (χ0v) is 39.7. The van der Waals surface area contributed by atoms with Crippen LogP contribution in [0.1, 0.15) is 251 Å². The number of rotatable bonds is 46. The predicted molar refractivity (Wildman–Crippen MR) is 243 cm³/mol. The van der Waals surface area contributed by atoms with Gasteiger partial charge < -0.3 is 28.8 Å². The lowest BCUT2D eigenvalue weighted by Gasteiger charge is -2.30. The number of nitrogens with zero attached hydrogens (tertiary/aromatic N) is 1. The number of nitrogens with one attached hydrogen (secondary N) is 1. The Morgan fingerprint density at radius 1 is 0.544 bits per heavy atom. The van der Waals surface area contributed by atoms with Crippen LogP contribution >= 0.6 is 7.82 Å². The first-order chi connectivity index (χ1) is 27.5. The number of carbonyl (C=O) groups is 1. The summed E-state index contributed by atoms with van der Waals surface area (Å²) in [5.41, 5.74) is 0. The van der Waals surface area contributed by atoms with E-state index in [0.29, 0.717) is 23.9 Å². The Morgan fingerprint density at radius 3 is 1.19 bits per heavy atom. The van der Waals surface area contributed by atoms with Crippen molar-refractivity contribution in [2.75, 3.05) is 40.9 Å². The molecule has 0 aromatic carbocycles. The normalized spacial score (nSPS) is 14.2. The van der Waals surface area contributed by atoms with Crippen LogP contribution in [0.15, 0.2) is 0 Å². The van der Waals surface area contributed by atoms with Crippen molar-refractivity contribution in [3.63, 3.8) is 0 Å². The van der Waals surface area contributed by atoms with Crippen molar-refractivity contribution >= 4 is 13.7 Å². The number of aliphatic hydroxyl groups excluding tert-OH is 1. The topological polar surface area (TPSA) is 108 Å². The van der Waals surface area contributed by atoms with Crippen molar-refractivity contribution < 1.29 is 32.9 Å². The lowest BCUT2D eigenvalue weighted by molar-refractivity contribution is -0.870. The van der Waals surface area contributed by atoms with E-state index in [0.717, 1.165) is 38.5 Å². The van der Waals surface area contributed by atoms with Gasteiger partial charge in [-0.25, -0.2) is 0 Å². The molecule has 3 atom stereocenters. The molecule has 0 heterocycles. The third-order valence-electron chi connectivity index (χ3n) is 11.6. The van der Waals surface area contributed by atoms with Crippen molar-refractivity contribution in [1.29, 1.82) is 0 Å². The number of hydrogen-bond acceptors (Lipinski definition) is 6. The molecule has 1 unspecified atom stereocenters. The summed E-state index contributed by atoms with van der Waals surface area (Å²) in [5, 5.41) is 14.0. The van der Waals surface area contributed by atoms with Gasteiger partial charge in [0.05, 0.1) is 39.9 Å². The summed E-state index contributed by atoms with van der Waals surface area (Å²) in [7, 11) is 1.32. The number of phosphoric ester groups is 1. The SMILES string of the molecule is CCCCCCCCCCCCCCCCCCCCC(=O)N[C@@H](COP(=O)([O-])OCC[N+](C)(C)C)[C@H](O)CCCCCCCCCCCCCCCCCCC. The molecular weight excluding hydrogens is 732 g/mol. The number of quaternary nitrogens is 1. The van der Waals surface area contributed by atoms with Gasteiger partial charge in [0.2, 0.25) is 5.91 Å². The lowest BCUT2D eigenvalue weighted by Crippen LogP contribution is -2.46. The zero-order chi connectivity index (χ0) is 42.1. The van der Waals surface area contributed by atoms with Crippen LogP contribution in [0.5, 0.6) is 0 Å². The smallest absolute Gasteiger partial charge is 0.268 e. The van der Waals surface area contributed by atoms with E-state index in [1.807, 2.05) is 21.1 Å². The summed E-state index contributed by atoms with van der Waals surface area (Å²) in [4.78, 5) is 25.4. The molecule has 0 aliphatic carbocycles. The van der Waals surface area contributed by atoms with E-state index < -0.39 is 20.0 Å². The molecule has 0 saturated heterocycles. The van der Waals surface area contributed by atoms with E-state index in [1.54, 1.807) is 0 Å². The Hall–Kier alpha value is -0.500. The van der Waals surface area contributed by atoms with Crippen LogP contribution in [-0.2, 0) is 18.4 Å².